The first kappa shape index (κ1) is 45.7. The average Bonchev–Trinajstić information content (AvgIpc) is 3.92. The topological polar surface area (TPSA) is 64.1 Å². The Morgan fingerprint density at radius 3 is 1.99 bits per heavy atom. The summed E-state index contributed by atoms with van der Waals surface area (Å²) in [6.07, 6.45) is 1.85. The van der Waals surface area contributed by atoms with Crippen LogP contribution in [-0.2, 0) is 37.3 Å². The Labute approximate surface area is 418 Å². The number of furan rings is 1. The molecule has 0 atom stereocenters. The summed E-state index contributed by atoms with van der Waals surface area (Å²) < 4.78 is 8.66. The predicted octanol–water partition coefficient (Wildman–Crippen LogP) is 16.6. The van der Waals surface area contributed by atoms with Gasteiger partial charge in [0.2, 0.25) is 0 Å². The largest absolute Gasteiger partial charge is 0.507 e. The van der Waals surface area contributed by atoms with E-state index in [0.717, 1.165) is 99.6 Å². The fourth-order valence-electron chi connectivity index (χ4n) is 9.92. The molecule has 0 fully saturated rings. The zero-order valence-corrected chi connectivity index (χ0v) is 42.5. The fourth-order valence-corrected chi connectivity index (χ4v) is 9.92. The van der Waals surface area contributed by atoms with E-state index in [-0.39, 0.29) is 37.6 Å². The number of para-hydroxylation sites is 2. The van der Waals surface area contributed by atoms with Crippen LogP contribution in [0.1, 0.15) is 77.6 Å². The molecule has 0 aliphatic carbocycles. The molecule has 1 N–H and O–H groups in total. The van der Waals surface area contributed by atoms with Crippen molar-refractivity contribution in [2.75, 3.05) is 0 Å². The van der Waals surface area contributed by atoms with Gasteiger partial charge in [-0.3, -0.25) is 9.55 Å². The minimum atomic E-state index is -0.391. The second kappa shape index (κ2) is 17.2. The number of pyridine rings is 1. The number of fused-ring (bicyclic) bond motifs is 6. The normalized spacial score (nSPS) is 12.3. The van der Waals surface area contributed by atoms with E-state index < -0.39 is 5.41 Å². The standard InChI is InChI=1S/C63H54N3O2.Pt/c1-61(2,3)44-35-50(59(67)51(36-44)62(4,5)6)60-65-58-48(27-19-29-54(58)66(60)53-28-18-17-25-46(53)39-20-11-9-12-21-39)41-32-42(34-45(33-41)63(7,8)43-23-13-10-14-24-43)52-37-49-56(38-64-52)68-55-31-30-40-22-15-16-26-47(40)57(49)55;/h9-31,33-38,67H,1-8H3;/q-1;. The number of hydrogen-bond donors (Lipinski definition) is 1. The van der Waals surface area contributed by atoms with Crippen LogP contribution in [0.3, 0.4) is 0 Å². The maximum Gasteiger partial charge on any atom is 0.152 e. The molecule has 0 saturated carbocycles. The van der Waals surface area contributed by atoms with E-state index in [4.69, 9.17) is 14.4 Å². The molecule has 0 aliphatic heterocycles. The number of phenols is 1. The van der Waals surface area contributed by atoms with Crippen LogP contribution in [-0.4, -0.2) is 19.6 Å². The van der Waals surface area contributed by atoms with E-state index in [0.29, 0.717) is 11.4 Å². The van der Waals surface area contributed by atoms with Gasteiger partial charge in [0.25, 0.3) is 0 Å². The molecule has 8 aromatic carbocycles. The van der Waals surface area contributed by atoms with E-state index in [9.17, 15) is 5.11 Å². The van der Waals surface area contributed by atoms with Crippen molar-refractivity contribution < 1.29 is 30.6 Å². The summed E-state index contributed by atoms with van der Waals surface area (Å²) in [6, 6.07) is 63.6. The van der Waals surface area contributed by atoms with Gasteiger partial charge in [0.05, 0.1) is 28.5 Å². The number of rotatable bonds is 7. The molecule has 0 radical (unpaired) electrons. The molecule has 5 nitrogen and oxygen atoms in total. The third-order valence-corrected chi connectivity index (χ3v) is 13.8. The number of nitrogens with zero attached hydrogens (tertiary/aromatic N) is 3. The number of imidazole rings is 1. The van der Waals surface area contributed by atoms with Gasteiger partial charge in [-0.15, -0.1) is 29.3 Å². The van der Waals surface area contributed by atoms with Crippen molar-refractivity contribution in [1.29, 1.82) is 0 Å². The number of hydrogen-bond acceptors (Lipinski definition) is 4. The molecule has 3 heterocycles. The van der Waals surface area contributed by atoms with Gasteiger partial charge in [-0.1, -0.05) is 200 Å². The summed E-state index contributed by atoms with van der Waals surface area (Å²) in [4.78, 5) is 10.8. The molecule has 3 aromatic heterocycles. The van der Waals surface area contributed by atoms with Crippen LogP contribution in [0.2, 0.25) is 0 Å². The molecule has 0 unspecified atom stereocenters. The van der Waals surface area contributed by atoms with Crippen LogP contribution >= 0.6 is 0 Å². The zero-order valence-electron chi connectivity index (χ0n) is 40.3. The van der Waals surface area contributed by atoms with Gasteiger partial charge in [-0.2, -0.15) is 0 Å². The van der Waals surface area contributed by atoms with Crippen molar-refractivity contribution in [3.05, 3.63) is 204 Å². The Bertz CT molecular complexity index is 3740. The third-order valence-electron chi connectivity index (χ3n) is 13.8. The molecular formula is C63H54N3O2Pt-. The molecule has 0 amide bonds. The van der Waals surface area contributed by atoms with Gasteiger partial charge >= 0.3 is 0 Å². The molecule has 11 rings (SSSR count). The number of phenolic OH excluding ortho intramolecular Hbond substituents is 1. The molecule has 344 valence electrons. The number of benzene rings is 8. The second-order valence-electron chi connectivity index (χ2n) is 20.8. The summed E-state index contributed by atoms with van der Waals surface area (Å²) in [5.41, 5.74) is 14.0. The number of aromatic nitrogens is 3. The first-order chi connectivity index (χ1) is 32.6. The van der Waals surface area contributed by atoms with Crippen molar-refractivity contribution in [1.82, 2.24) is 14.5 Å². The van der Waals surface area contributed by atoms with Crippen molar-refractivity contribution in [3.63, 3.8) is 0 Å². The van der Waals surface area contributed by atoms with Crippen LogP contribution in [0.5, 0.6) is 5.75 Å². The van der Waals surface area contributed by atoms with Crippen molar-refractivity contribution in [2.24, 2.45) is 0 Å². The Morgan fingerprint density at radius 1 is 0.551 bits per heavy atom. The Morgan fingerprint density at radius 2 is 1.23 bits per heavy atom. The van der Waals surface area contributed by atoms with Gasteiger partial charge < -0.3 is 9.52 Å². The number of aromatic hydroxyl groups is 1. The van der Waals surface area contributed by atoms with E-state index >= 15 is 0 Å². The Balaban J connectivity index is 0.00000553. The molecule has 6 heteroatoms. The first-order valence-electron chi connectivity index (χ1n) is 23.5. The van der Waals surface area contributed by atoms with Gasteiger partial charge in [-0.25, -0.2) is 4.98 Å². The van der Waals surface area contributed by atoms with Crippen molar-refractivity contribution in [2.45, 2.75) is 71.6 Å². The quantitative estimate of drug-likeness (QED) is 0.162. The smallest absolute Gasteiger partial charge is 0.152 e. The summed E-state index contributed by atoms with van der Waals surface area (Å²) in [6.45, 7) is 17.7. The van der Waals surface area contributed by atoms with Crippen LogP contribution in [0.25, 0.3) is 94.3 Å². The fraction of sp³-hybridized carbons (Fsp3) is 0.175. The summed E-state index contributed by atoms with van der Waals surface area (Å²) in [5.74, 6) is 0.902. The minimum Gasteiger partial charge on any atom is -0.507 e. The summed E-state index contributed by atoms with van der Waals surface area (Å²) in [7, 11) is 0. The van der Waals surface area contributed by atoms with Crippen LogP contribution in [0.15, 0.2) is 180 Å². The maximum atomic E-state index is 12.5. The van der Waals surface area contributed by atoms with Crippen LogP contribution in [0, 0.1) is 6.07 Å². The van der Waals surface area contributed by atoms with Crippen LogP contribution < -0.4 is 0 Å². The molecule has 0 aliphatic rings. The third kappa shape index (κ3) is 7.97. The second-order valence-corrected chi connectivity index (χ2v) is 20.8. The van der Waals surface area contributed by atoms with Gasteiger partial charge in [0.1, 0.15) is 17.2 Å². The molecular weight excluding hydrogens is 1030 g/mol. The molecule has 0 bridgehead atoms. The Kier molecular flexibility index (Phi) is 11.4. The van der Waals surface area contributed by atoms with Gasteiger partial charge in [0, 0.05) is 54.1 Å². The minimum absolute atomic E-state index is 0. The zero-order chi connectivity index (χ0) is 47.1. The summed E-state index contributed by atoms with van der Waals surface area (Å²) >= 11 is 0. The average molecular weight is 1080 g/mol. The van der Waals surface area contributed by atoms with E-state index in [1.54, 1.807) is 0 Å². The van der Waals surface area contributed by atoms with E-state index in [1.807, 2.05) is 12.3 Å². The monoisotopic (exact) mass is 1080 g/mol. The molecule has 69 heavy (non-hydrogen) atoms. The molecule has 11 aromatic rings. The van der Waals surface area contributed by atoms with Gasteiger partial charge in [0.15, 0.2) is 5.58 Å². The molecule has 0 spiro atoms. The maximum absolute atomic E-state index is 12.5. The van der Waals surface area contributed by atoms with E-state index in [2.05, 4.69) is 230 Å². The van der Waals surface area contributed by atoms with Crippen molar-refractivity contribution in [3.8, 4) is 56.3 Å². The van der Waals surface area contributed by atoms with E-state index in [1.165, 1.54) is 5.56 Å². The van der Waals surface area contributed by atoms with Gasteiger partial charge in [-0.05, 0) is 62.6 Å². The van der Waals surface area contributed by atoms with Crippen LogP contribution in [0.4, 0.5) is 0 Å². The predicted molar refractivity (Wildman–Crippen MR) is 282 cm³/mol. The van der Waals surface area contributed by atoms with Crippen molar-refractivity contribution >= 4 is 43.7 Å². The first-order valence-corrected chi connectivity index (χ1v) is 23.5. The Hall–Kier alpha value is -7.07. The SMILES string of the molecule is CC(C)(C)c1cc(-c2nc3c(-c4[c-]c(-c5cc6c(cn5)oc5ccc7ccccc7c56)cc(C(C)(C)c5ccccc5)c4)cccc3n2-c2ccccc2-c2ccccc2)c(O)c(C(C)(C)C)c1.[Pt]. The summed E-state index contributed by atoms with van der Waals surface area (Å²) in [5, 5.41) is 16.9. The molecule has 0 saturated heterocycles.